The number of β-amino-alcohol motifs (C(OH)–C–C–N with tert-alkyl or cyclic N) is 1. The lowest BCUT2D eigenvalue weighted by Crippen LogP contribution is -2.42. The first-order chi connectivity index (χ1) is 8.74. The van der Waals surface area contributed by atoms with Gasteiger partial charge in [-0.3, -0.25) is 9.88 Å². The molecular weight excluding hydrogens is 250 g/mol. The van der Waals surface area contributed by atoms with Crippen LogP contribution < -0.4 is 0 Å². The summed E-state index contributed by atoms with van der Waals surface area (Å²) in [5.41, 5.74) is 1.29. The fraction of sp³-hybridized carbons (Fsp3) is 0.643. The van der Waals surface area contributed by atoms with E-state index in [-0.39, 0.29) is 30.8 Å². The molecule has 0 saturated heterocycles. The average Bonchev–Trinajstić information content (AvgIpc) is 2.26. The number of fused-ring (bicyclic) bond motifs is 1. The fourth-order valence-electron chi connectivity index (χ4n) is 2.32. The maximum absolute atomic E-state index is 14.0. The first-order valence-electron chi connectivity index (χ1n) is 6.45. The number of aliphatic hydroxyl groups excluding tert-OH is 1. The molecule has 0 saturated carbocycles. The summed E-state index contributed by atoms with van der Waals surface area (Å²) in [4.78, 5) is 5.56. The molecule has 0 atom stereocenters. The Labute approximate surface area is 112 Å². The second-order valence-electron chi connectivity index (χ2n) is 6.12. The van der Waals surface area contributed by atoms with Crippen LogP contribution in [0, 0.1) is 0 Å². The van der Waals surface area contributed by atoms with Gasteiger partial charge in [-0.25, -0.2) is 0 Å². The Morgan fingerprint density at radius 1 is 1.42 bits per heavy atom. The monoisotopic (exact) mass is 270 g/mol. The van der Waals surface area contributed by atoms with Crippen molar-refractivity contribution in [2.24, 2.45) is 0 Å². The molecule has 2 heterocycles. The molecule has 0 spiro atoms. The van der Waals surface area contributed by atoms with Crippen LogP contribution in [0.4, 0.5) is 8.78 Å². The number of aliphatic hydroxyl groups is 1. The van der Waals surface area contributed by atoms with Gasteiger partial charge < -0.3 is 5.11 Å². The van der Waals surface area contributed by atoms with Crippen molar-refractivity contribution in [3.8, 4) is 0 Å². The van der Waals surface area contributed by atoms with E-state index in [0.29, 0.717) is 12.1 Å². The summed E-state index contributed by atoms with van der Waals surface area (Å²) in [7, 11) is 0. The third-order valence-electron chi connectivity index (χ3n) is 3.41. The molecule has 0 unspecified atom stereocenters. The average molecular weight is 270 g/mol. The molecule has 0 aromatic carbocycles. The molecule has 1 aliphatic rings. The van der Waals surface area contributed by atoms with Gasteiger partial charge in [0.05, 0.1) is 13.2 Å². The summed E-state index contributed by atoms with van der Waals surface area (Å²) in [6.45, 7) is 6.28. The van der Waals surface area contributed by atoms with Crippen molar-refractivity contribution >= 4 is 0 Å². The maximum atomic E-state index is 14.0. The highest BCUT2D eigenvalue weighted by atomic mass is 19.3. The number of rotatable bonds is 2. The van der Waals surface area contributed by atoms with Crippen LogP contribution >= 0.6 is 0 Å². The molecular formula is C14H20F2N2O. The first kappa shape index (κ1) is 14.3. The van der Waals surface area contributed by atoms with Gasteiger partial charge in [-0.1, -0.05) is 26.8 Å². The van der Waals surface area contributed by atoms with Crippen molar-refractivity contribution in [2.45, 2.75) is 38.7 Å². The number of hydrogen-bond donors (Lipinski definition) is 1. The molecule has 3 nitrogen and oxygen atoms in total. The van der Waals surface area contributed by atoms with Gasteiger partial charge in [-0.2, -0.15) is 8.78 Å². The zero-order valence-corrected chi connectivity index (χ0v) is 11.6. The van der Waals surface area contributed by atoms with Crippen LogP contribution in [0.3, 0.4) is 0 Å². The smallest absolute Gasteiger partial charge is 0.302 e. The third kappa shape index (κ3) is 2.92. The standard InChI is InChI=1S/C14H20F2N2O/c1-13(2,3)11-6-10-8-18(4-5-19)9-14(15,16)12(10)17-7-11/h6-7,19H,4-5,8-9H2,1-3H3. The van der Waals surface area contributed by atoms with Gasteiger partial charge in [0.1, 0.15) is 5.69 Å². The Hall–Kier alpha value is -1.07. The molecule has 1 aromatic rings. The highest BCUT2D eigenvalue weighted by Crippen LogP contribution is 2.36. The number of nitrogens with zero attached hydrogens (tertiary/aromatic N) is 2. The van der Waals surface area contributed by atoms with Crippen LogP contribution in [-0.2, 0) is 17.9 Å². The summed E-state index contributed by atoms with van der Waals surface area (Å²) in [5, 5.41) is 8.92. The van der Waals surface area contributed by atoms with Crippen molar-refractivity contribution < 1.29 is 13.9 Å². The number of aromatic nitrogens is 1. The first-order valence-corrected chi connectivity index (χ1v) is 6.45. The second-order valence-corrected chi connectivity index (χ2v) is 6.12. The Balaban J connectivity index is 2.40. The zero-order valence-electron chi connectivity index (χ0n) is 11.6. The SMILES string of the molecule is CC(C)(C)c1cnc2c(c1)CN(CCO)CC2(F)F. The maximum Gasteiger partial charge on any atom is 0.302 e. The number of hydrogen-bond acceptors (Lipinski definition) is 3. The van der Waals surface area contributed by atoms with Gasteiger partial charge in [0.25, 0.3) is 0 Å². The van der Waals surface area contributed by atoms with Crippen LogP contribution in [0.25, 0.3) is 0 Å². The lowest BCUT2D eigenvalue weighted by atomic mass is 9.86. The van der Waals surface area contributed by atoms with Gasteiger partial charge >= 0.3 is 5.92 Å². The van der Waals surface area contributed by atoms with Gasteiger partial charge in [-0.05, 0) is 16.5 Å². The highest BCUT2D eigenvalue weighted by Gasteiger charge is 2.41. The zero-order chi connectivity index (χ0) is 14.3. The molecule has 0 bridgehead atoms. The molecule has 0 amide bonds. The van der Waals surface area contributed by atoms with Gasteiger partial charge in [-0.15, -0.1) is 0 Å². The van der Waals surface area contributed by atoms with Crippen LogP contribution in [-0.4, -0.2) is 34.7 Å². The van der Waals surface area contributed by atoms with Gasteiger partial charge in [0.2, 0.25) is 0 Å². The number of pyridine rings is 1. The van der Waals surface area contributed by atoms with Crippen molar-refractivity contribution in [1.82, 2.24) is 9.88 Å². The van der Waals surface area contributed by atoms with E-state index in [4.69, 9.17) is 5.11 Å². The minimum absolute atomic E-state index is 0.113. The summed E-state index contributed by atoms with van der Waals surface area (Å²) in [5.74, 6) is -2.95. The minimum atomic E-state index is -2.95. The van der Waals surface area contributed by atoms with Crippen LogP contribution in [0.15, 0.2) is 12.3 Å². The Morgan fingerprint density at radius 3 is 2.68 bits per heavy atom. The summed E-state index contributed by atoms with van der Waals surface area (Å²) in [6.07, 6.45) is 1.55. The molecule has 0 fully saturated rings. The molecule has 0 radical (unpaired) electrons. The topological polar surface area (TPSA) is 36.4 Å². The Bertz CT molecular complexity index is 469. The predicted octanol–water partition coefficient (Wildman–Crippen LogP) is 2.28. The van der Waals surface area contributed by atoms with E-state index in [1.54, 1.807) is 11.1 Å². The molecule has 2 rings (SSSR count). The van der Waals surface area contributed by atoms with E-state index in [1.165, 1.54) is 0 Å². The van der Waals surface area contributed by atoms with E-state index >= 15 is 0 Å². The molecule has 19 heavy (non-hydrogen) atoms. The molecule has 1 aromatic heterocycles. The fourth-order valence-corrected chi connectivity index (χ4v) is 2.32. The number of alkyl halides is 2. The predicted molar refractivity (Wildman–Crippen MR) is 69.2 cm³/mol. The largest absolute Gasteiger partial charge is 0.395 e. The Morgan fingerprint density at radius 2 is 2.11 bits per heavy atom. The van der Waals surface area contributed by atoms with E-state index in [0.717, 1.165) is 5.56 Å². The molecule has 0 aliphatic carbocycles. The normalized spacial score (nSPS) is 19.3. The summed E-state index contributed by atoms with van der Waals surface area (Å²) >= 11 is 0. The van der Waals surface area contributed by atoms with Gasteiger partial charge in [0.15, 0.2) is 0 Å². The van der Waals surface area contributed by atoms with Crippen molar-refractivity contribution in [3.05, 3.63) is 29.1 Å². The summed E-state index contributed by atoms with van der Waals surface area (Å²) < 4.78 is 28.0. The van der Waals surface area contributed by atoms with E-state index in [9.17, 15) is 8.78 Å². The molecule has 5 heteroatoms. The minimum Gasteiger partial charge on any atom is -0.395 e. The summed E-state index contributed by atoms with van der Waals surface area (Å²) in [6, 6.07) is 1.82. The van der Waals surface area contributed by atoms with E-state index < -0.39 is 5.92 Å². The van der Waals surface area contributed by atoms with Crippen molar-refractivity contribution in [1.29, 1.82) is 0 Å². The highest BCUT2D eigenvalue weighted by molar-refractivity contribution is 5.33. The van der Waals surface area contributed by atoms with Crippen molar-refractivity contribution in [3.63, 3.8) is 0 Å². The van der Waals surface area contributed by atoms with Crippen LogP contribution in [0.2, 0.25) is 0 Å². The molecule has 106 valence electrons. The number of halogens is 2. The van der Waals surface area contributed by atoms with Crippen molar-refractivity contribution in [2.75, 3.05) is 19.7 Å². The molecule has 1 N–H and O–H groups in total. The van der Waals surface area contributed by atoms with Gasteiger partial charge in [0, 0.05) is 19.3 Å². The lowest BCUT2D eigenvalue weighted by molar-refractivity contribution is -0.0588. The van der Waals surface area contributed by atoms with E-state index in [1.807, 2.05) is 26.8 Å². The molecule has 1 aliphatic heterocycles. The quantitative estimate of drug-likeness (QED) is 0.895. The second kappa shape index (κ2) is 4.80. The van der Waals surface area contributed by atoms with Crippen LogP contribution in [0.1, 0.15) is 37.6 Å². The third-order valence-corrected chi connectivity index (χ3v) is 3.41. The van der Waals surface area contributed by atoms with E-state index in [2.05, 4.69) is 4.98 Å². The van der Waals surface area contributed by atoms with Crippen LogP contribution in [0.5, 0.6) is 0 Å². The Kier molecular flexibility index (Phi) is 3.62. The lowest BCUT2D eigenvalue weighted by Gasteiger charge is -2.34.